The standard InChI is InChI=1S/C12H15F3N2/c1-9-10(12(13,14)15)3-2-4-11(9)17-7-5-16-6-8-17/h2-4,16H,5-8H2,1H3. The minimum Gasteiger partial charge on any atom is -0.369 e. The van der Waals surface area contributed by atoms with Gasteiger partial charge < -0.3 is 10.2 Å². The van der Waals surface area contributed by atoms with Crippen LogP contribution in [-0.4, -0.2) is 26.2 Å². The van der Waals surface area contributed by atoms with Crippen LogP contribution in [0.15, 0.2) is 18.2 Å². The van der Waals surface area contributed by atoms with Gasteiger partial charge in [0.2, 0.25) is 0 Å². The average molecular weight is 244 g/mol. The Bertz CT molecular complexity index is 395. The molecule has 1 aromatic rings. The topological polar surface area (TPSA) is 15.3 Å². The number of nitrogens with zero attached hydrogens (tertiary/aromatic N) is 1. The van der Waals surface area contributed by atoms with Gasteiger partial charge in [-0.2, -0.15) is 13.2 Å². The fraction of sp³-hybridized carbons (Fsp3) is 0.500. The van der Waals surface area contributed by atoms with Gasteiger partial charge in [0, 0.05) is 31.9 Å². The number of nitrogens with one attached hydrogen (secondary N) is 1. The third kappa shape index (κ3) is 2.54. The number of halogens is 3. The highest BCUT2D eigenvalue weighted by atomic mass is 19.4. The Balaban J connectivity index is 2.35. The van der Waals surface area contributed by atoms with Crippen LogP contribution in [0.5, 0.6) is 0 Å². The lowest BCUT2D eigenvalue weighted by molar-refractivity contribution is -0.138. The van der Waals surface area contributed by atoms with Gasteiger partial charge in [-0.05, 0) is 24.6 Å². The summed E-state index contributed by atoms with van der Waals surface area (Å²) in [6, 6.07) is 4.38. The molecule has 1 aromatic carbocycles. The zero-order valence-corrected chi connectivity index (χ0v) is 9.64. The van der Waals surface area contributed by atoms with Crippen LogP contribution in [0, 0.1) is 6.92 Å². The van der Waals surface area contributed by atoms with Crippen molar-refractivity contribution in [1.82, 2.24) is 5.32 Å². The van der Waals surface area contributed by atoms with E-state index in [0.29, 0.717) is 11.3 Å². The van der Waals surface area contributed by atoms with Gasteiger partial charge in [0.05, 0.1) is 5.56 Å². The summed E-state index contributed by atoms with van der Waals surface area (Å²) in [5.74, 6) is 0. The summed E-state index contributed by atoms with van der Waals surface area (Å²) in [6.45, 7) is 4.68. The molecule has 2 rings (SSSR count). The van der Waals surface area contributed by atoms with Crippen LogP contribution in [0.2, 0.25) is 0 Å². The van der Waals surface area contributed by atoms with Gasteiger partial charge in [0.1, 0.15) is 0 Å². The molecule has 0 atom stereocenters. The summed E-state index contributed by atoms with van der Waals surface area (Å²) < 4.78 is 38.3. The van der Waals surface area contributed by atoms with Crippen LogP contribution >= 0.6 is 0 Å². The second-order valence-electron chi connectivity index (χ2n) is 4.18. The van der Waals surface area contributed by atoms with Crippen LogP contribution in [0.25, 0.3) is 0 Å². The van der Waals surface area contributed by atoms with Crippen molar-refractivity contribution in [2.24, 2.45) is 0 Å². The highest BCUT2D eigenvalue weighted by Crippen LogP contribution is 2.35. The van der Waals surface area contributed by atoms with Crippen LogP contribution < -0.4 is 10.2 Å². The Morgan fingerprint density at radius 2 is 1.82 bits per heavy atom. The van der Waals surface area contributed by atoms with E-state index < -0.39 is 11.7 Å². The molecule has 0 spiro atoms. The molecule has 0 aromatic heterocycles. The molecule has 1 N–H and O–H groups in total. The Kier molecular flexibility index (Phi) is 3.28. The Morgan fingerprint density at radius 3 is 2.41 bits per heavy atom. The Morgan fingerprint density at radius 1 is 1.18 bits per heavy atom. The smallest absolute Gasteiger partial charge is 0.369 e. The van der Waals surface area contributed by atoms with E-state index in [4.69, 9.17) is 0 Å². The predicted molar refractivity (Wildman–Crippen MR) is 61.3 cm³/mol. The molecular formula is C12H15F3N2. The van der Waals surface area contributed by atoms with Crippen molar-refractivity contribution in [1.29, 1.82) is 0 Å². The summed E-state index contributed by atoms with van der Waals surface area (Å²) >= 11 is 0. The number of hydrogen-bond donors (Lipinski definition) is 1. The first-order valence-electron chi connectivity index (χ1n) is 5.62. The third-order valence-electron chi connectivity index (χ3n) is 3.07. The Labute approximate surface area is 98.4 Å². The lowest BCUT2D eigenvalue weighted by atomic mass is 10.0. The number of alkyl halides is 3. The fourth-order valence-electron chi connectivity index (χ4n) is 2.18. The Hall–Kier alpha value is -1.23. The lowest BCUT2D eigenvalue weighted by Crippen LogP contribution is -2.43. The van der Waals surface area contributed by atoms with E-state index in [1.165, 1.54) is 6.07 Å². The molecule has 1 aliphatic heterocycles. The van der Waals surface area contributed by atoms with Crippen molar-refractivity contribution in [3.63, 3.8) is 0 Å². The first-order valence-corrected chi connectivity index (χ1v) is 5.62. The lowest BCUT2D eigenvalue weighted by Gasteiger charge is -2.31. The van der Waals surface area contributed by atoms with Crippen molar-refractivity contribution in [2.75, 3.05) is 31.1 Å². The van der Waals surface area contributed by atoms with Crippen molar-refractivity contribution in [3.05, 3.63) is 29.3 Å². The molecule has 5 heteroatoms. The normalized spacial score (nSPS) is 17.3. The van der Waals surface area contributed by atoms with Gasteiger partial charge in [-0.3, -0.25) is 0 Å². The second-order valence-corrected chi connectivity index (χ2v) is 4.18. The molecule has 1 aliphatic rings. The molecule has 1 fully saturated rings. The number of piperazine rings is 1. The third-order valence-corrected chi connectivity index (χ3v) is 3.07. The highest BCUT2D eigenvalue weighted by molar-refractivity contribution is 5.57. The molecule has 0 unspecified atom stereocenters. The highest BCUT2D eigenvalue weighted by Gasteiger charge is 2.33. The van der Waals surface area contributed by atoms with Gasteiger partial charge >= 0.3 is 6.18 Å². The largest absolute Gasteiger partial charge is 0.416 e. The zero-order valence-electron chi connectivity index (χ0n) is 9.64. The van der Waals surface area contributed by atoms with Crippen LogP contribution in [0.4, 0.5) is 18.9 Å². The van der Waals surface area contributed by atoms with Gasteiger partial charge in [-0.1, -0.05) is 6.07 Å². The summed E-state index contributed by atoms with van der Waals surface area (Å²) in [5.41, 5.74) is 0.483. The predicted octanol–water partition coefficient (Wildman–Crippen LogP) is 2.42. The molecule has 1 saturated heterocycles. The molecular weight excluding hydrogens is 229 g/mol. The van der Waals surface area contributed by atoms with E-state index in [1.54, 1.807) is 13.0 Å². The molecule has 94 valence electrons. The molecule has 0 bridgehead atoms. The van der Waals surface area contributed by atoms with Gasteiger partial charge in [0.25, 0.3) is 0 Å². The number of hydrogen-bond acceptors (Lipinski definition) is 2. The maximum Gasteiger partial charge on any atom is 0.416 e. The van der Waals surface area contributed by atoms with E-state index in [1.807, 2.05) is 4.90 Å². The minimum absolute atomic E-state index is 0.321. The van der Waals surface area contributed by atoms with Crippen LogP contribution in [-0.2, 0) is 6.18 Å². The molecule has 0 aliphatic carbocycles. The number of anilines is 1. The molecule has 1 heterocycles. The van der Waals surface area contributed by atoms with Crippen molar-refractivity contribution < 1.29 is 13.2 Å². The van der Waals surface area contributed by atoms with E-state index in [9.17, 15) is 13.2 Å². The van der Waals surface area contributed by atoms with E-state index in [0.717, 1.165) is 32.2 Å². The summed E-state index contributed by atoms with van der Waals surface area (Å²) in [4.78, 5) is 2.00. The molecule has 0 amide bonds. The SMILES string of the molecule is Cc1c(N2CCNCC2)cccc1C(F)(F)F. The van der Waals surface area contributed by atoms with Gasteiger partial charge in [-0.15, -0.1) is 0 Å². The van der Waals surface area contributed by atoms with Crippen molar-refractivity contribution in [2.45, 2.75) is 13.1 Å². The maximum absolute atomic E-state index is 12.8. The fourth-order valence-corrected chi connectivity index (χ4v) is 2.18. The van der Waals surface area contributed by atoms with Crippen LogP contribution in [0.1, 0.15) is 11.1 Å². The molecule has 0 saturated carbocycles. The van der Waals surface area contributed by atoms with Gasteiger partial charge in [0.15, 0.2) is 0 Å². The monoisotopic (exact) mass is 244 g/mol. The summed E-state index contributed by atoms with van der Waals surface area (Å²) in [7, 11) is 0. The zero-order chi connectivity index (χ0) is 12.5. The maximum atomic E-state index is 12.8. The quantitative estimate of drug-likeness (QED) is 0.816. The van der Waals surface area contributed by atoms with Crippen molar-refractivity contribution >= 4 is 5.69 Å². The first kappa shape index (κ1) is 12.2. The van der Waals surface area contributed by atoms with Gasteiger partial charge in [-0.25, -0.2) is 0 Å². The number of rotatable bonds is 1. The van der Waals surface area contributed by atoms with E-state index >= 15 is 0 Å². The van der Waals surface area contributed by atoms with E-state index in [-0.39, 0.29) is 0 Å². The molecule has 0 radical (unpaired) electrons. The molecule has 2 nitrogen and oxygen atoms in total. The van der Waals surface area contributed by atoms with E-state index in [2.05, 4.69) is 5.32 Å². The van der Waals surface area contributed by atoms with Crippen molar-refractivity contribution in [3.8, 4) is 0 Å². The minimum atomic E-state index is -4.27. The first-order chi connectivity index (χ1) is 8.00. The van der Waals surface area contributed by atoms with Crippen LogP contribution in [0.3, 0.4) is 0 Å². The summed E-state index contributed by atoms with van der Waals surface area (Å²) in [5, 5.41) is 3.18. The second kappa shape index (κ2) is 4.56. The number of benzene rings is 1. The summed E-state index contributed by atoms with van der Waals surface area (Å²) in [6.07, 6.45) is -4.27. The molecule has 17 heavy (non-hydrogen) atoms. The average Bonchev–Trinajstić information content (AvgIpc) is 2.29.